The van der Waals surface area contributed by atoms with Crippen LogP contribution in [0, 0.1) is 0 Å². The molecule has 0 spiro atoms. The number of ether oxygens (including phenoxy) is 2. The lowest BCUT2D eigenvalue weighted by Crippen LogP contribution is -2.13. The number of aromatic nitrogens is 3. The first-order valence-electron chi connectivity index (χ1n) is 8.87. The van der Waals surface area contributed by atoms with Crippen LogP contribution < -0.4 is 14.8 Å². The molecule has 3 heterocycles. The van der Waals surface area contributed by atoms with Gasteiger partial charge in [-0.05, 0) is 18.2 Å². The summed E-state index contributed by atoms with van der Waals surface area (Å²) in [5.41, 5.74) is 2.59. The zero-order valence-corrected chi connectivity index (χ0v) is 16.2. The van der Waals surface area contributed by atoms with Gasteiger partial charge in [-0.15, -0.1) is 10.2 Å². The molecule has 1 N–H and O–H groups in total. The predicted molar refractivity (Wildman–Crippen MR) is 108 cm³/mol. The number of hydrogen-bond acceptors (Lipinski definition) is 7. The maximum atomic E-state index is 12.2. The van der Waals surface area contributed by atoms with Crippen molar-refractivity contribution in [3.8, 4) is 23.0 Å². The first kappa shape index (κ1) is 17.6. The van der Waals surface area contributed by atoms with Gasteiger partial charge in [0.2, 0.25) is 12.7 Å². The standard InChI is InChI=1S/C20H16N4O4S/c1-24-9-14(13-4-2-3-5-15(13)24)19-22-23-20(28-19)29-10-18(25)21-12-6-7-16-17(8-12)27-11-26-16/h2-9H,10-11H2,1H3,(H,21,25). The topological polar surface area (TPSA) is 91.4 Å². The van der Waals surface area contributed by atoms with Crippen LogP contribution in [0.5, 0.6) is 11.5 Å². The van der Waals surface area contributed by atoms with Gasteiger partial charge in [-0.1, -0.05) is 30.0 Å². The molecule has 0 bridgehead atoms. The highest BCUT2D eigenvalue weighted by Crippen LogP contribution is 2.34. The molecule has 1 amide bonds. The zero-order valence-electron chi connectivity index (χ0n) is 15.4. The molecule has 0 atom stereocenters. The van der Waals surface area contributed by atoms with Gasteiger partial charge in [-0.3, -0.25) is 4.79 Å². The Labute approximate surface area is 169 Å². The lowest BCUT2D eigenvalue weighted by atomic mass is 10.2. The minimum Gasteiger partial charge on any atom is -0.454 e. The van der Waals surface area contributed by atoms with Crippen LogP contribution in [0.4, 0.5) is 5.69 Å². The second-order valence-corrected chi connectivity index (χ2v) is 7.38. The van der Waals surface area contributed by atoms with Crippen LogP contribution in [0.1, 0.15) is 0 Å². The van der Waals surface area contributed by atoms with E-state index in [1.54, 1.807) is 18.2 Å². The van der Waals surface area contributed by atoms with Crippen molar-refractivity contribution in [1.29, 1.82) is 0 Å². The molecule has 0 saturated heterocycles. The number of carbonyl (C=O) groups is 1. The van der Waals surface area contributed by atoms with E-state index < -0.39 is 0 Å². The van der Waals surface area contributed by atoms with E-state index in [1.165, 1.54) is 11.8 Å². The molecule has 0 unspecified atom stereocenters. The summed E-state index contributed by atoms with van der Waals surface area (Å²) in [7, 11) is 1.97. The Morgan fingerprint density at radius 3 is 2.97 bits per heavy atom. The Hall–Kier alpha value is -3.46. The van der Waals surface area contributed by atoms with Gasteiger partial charge >= 0.3 is 0 Å². The summed E-state index contributed by atoms with van der Waals surface area (Å²) in [5.74, 6) is 1.68. The molecule has 1 aliphatic heterocycles. The number of para-hydroxylation sites is 1. The van der Waals surface area contributed by atoms with Gasteiger partial charge in [0.15, 0.2) is 11.5 Å². The highest BCUT2D eigenvalue weighted by atomic mass is 32.2. The van der Waals surface area contributed by atoms with E-state index in [4.69, 9.17) is 13.9 Å². The normalized spacial score (nSPS) is 12.4. The Kier molecular flexibility index (Phi) is 4.36. The number of nitrogens with one attached hydrogen (secondary N) is 1. The van der Waals surface area contributed by atoms with Gasteiger partial charge in [-0.2, -0.15) is 0 Å². The number of benzene rings is 2. The molecule has 29 heavy (non-hydrogen) atoms. The van der Waals surface area contributed by atoms with Crippen LogP contribution >= 0.6 is 11.8 Å². The second kappa shape index (κ2) is 7.17. The Bertz CT molecular complexity index is 1220. The lowest BCUT2D eigenvalue weighted by Gasteiger charge is -2.05. The molecular weight excluding hydrogens is 392 g/mol. The Balaban J connectivity index is 1.25. The highest BCUT2D eigenvalue weighted by molar-refractivity contribution is 7.99. The molecule has 0 aliphatic carbocycles. The van der Waals surface area contributed by atoms with Gasteiger partial charge in [0, 0.05) is 35.9 Å². The molecule has 1 aliphatic rings. The molecule has 8 nitrogen and oxygen atoms in total. The van der Waals surface area contributed by atoms with Crippen molar-refractivity contribution < 1.29 is 18.7 Å². The molecule has 0 radical (unpaired) electrons. The lowest BCUT2D eigenvalue weighted by molar-refractivity contribution is -0.113. The number of rotatable bonds is 5. The van der Waals surface area contributed by atoms with Crippen molar-refractivity contribution in [3.63, 3.8) is 0 Å². The first-order valence-corrected chi connectivity index (χ1v) is 9.86. The fraction of sp³-hybridized carbons (Fsp3) is 0.150. The summed E-state index contributed by atoms with van der Waals surface area (Å²) in [6, 6.07) is 13.3. The summed E-state index contributed by atoms with van der Waals surface area (Å²) in [6.07, 6.45) is 1.96. The minimum atomic E-state index is -0.182. The number of amides is 1. The van der Waals surface area contributed by atoms with E-state index >= 15 is 0 Å². The fourth-order valence-electron chi connectivity index (χ4n) is 3.19. The third-order valence-corrected chi connectivity index (χ3v) is 5.34. The molecule has 0 saturated carbocycles. The number of hydrogen-bond donors (Lipinski definition) is 1. The van der Waals surface area contributed by atoms with E-state index in [9.17, 15) is 4.79 Å². The van der Waals surface area contributed by atoms with E-state index in [0.717, 1.165) is 16.5 Å². The molecule has 9 heteroatoms. The van der Waals surface area contributed by atoms with E-state index in [2.05, 4.69) is 15.5 Å². The van der Waals surface area contributed by atoms with Crippen LogP contribution in [0.25, 0.3) is 22.4 Å². The molecule has 4 aromatic rings. The Morgan fingerprint density at radius 1 is 1.17 bits per heavy atom. The molecule has 2 aromatic carbocycles. The number of fused-ring (bicyclic) bond motifs is 2. The van der Waals surface area contributed by atoms with Gasteiger partial charge in [0.1, 0.15) is 0 Å². The molecule has 2 aromatic heterocycles. The Morgan fingerprint density at radius 2 is 2.03 bits per heavy atom. The summed E-state index contributed by atoms with van der Waals surface area (Å²) in [5, 5.41) is 12.4. The molecule has 146 valence electrons. The van der Waals surface area contributed by atoms with Gasteiger partial charge < -0.3 is 23.8 Å². The van der Waals surface area contributed by atoms with Crippen molar-refractivity contribution in [2.75, 3.05) is 17.9 Å². The smallest absolute Gasteiger partial charge is 0.277 e. The average Bonchev–Trinajstić information content (AvgIpc) is 3.45. The SMILES string of the molecule is Cn1cc(-c2nnc(SCC(=O)Nc3ccc4c(c3)OCO4)o2)c2ccccc21. The number of carbonyl (C=O) groups excluding carboxylic acids is 1. The van der Waals surface area contributed by atoms with Crippen LogP contribution in [-0.4, -0.2) is 33.2 Å². The van der Waals surface area contributed by atoms with Crippen molar-refractivity contribution in [2.24, 2.45) is 7.05 Å². The van der Waals surface area contributed by atoms with E-state index in [1.807, 2.05) is 42.1 Å². The number of anilines is 1. The highest BCUT2D eigenvalue weighted by Gasteiger charge is 2.17. The van der Waals surface area contributed by atoms with Gasteiger partial charge in [0.05, 0.1) is 11.3 Å². The third kappa shape index (κ3) is 3.40. The quantitative estimate of drug-likeness (QED) is 0.504. The van der Waals surface area contributed by atoms with Crippen molar-refractivity contribution in [2.45, 2.75) is 5.22 Å². The van der Waals surface area contributed by atoms with E-state index in [-0.39, 0.29) is 18.5 Å². The van der Waals surface area contributed by atoms with Crippen LogP contribution in [-0.2, 0) is 11.8 Å². The summed E-state index contributed by atoms with van der Waals surface area (Å²) < 4.78 is 18.4. The maximum absolute atomic E-state index is 12.2. The van der Waals surface area contributed by atoms with Crippen LogP contribution in [0.2, 0.25) is 0 Å². The molecule has 0 fully saturated rings. The number of thioether (sulfide) groups is 1. The third-order valence-electron chi connectivity index (χ3n) is 4.52. The predicted octanol–water partition coefficient (Wildman–Crippen LogP) is 3.69. The minimum absolute atomic E-state index is 0.144. The number of nitrogens with zero attached hydrogens (tertiary/aromatic N) is 3. The molecule has 5 rings (SSSR count). The second-order valence-electron chi connectivity index (χ2n) is 6.45. The van der Waals surface area contributed by atoms with Crippen molar-refractivity contribution in [1.82, 2.24) is 14.8 Å². The average molecular weight is 408 g/mol. The van der Waals surface area contributed by atoms with Crippen LogP contribution in [0.15, 0.2) is 58.3 Å². The maximum Gasteiger partial charge on any atom is 0.277 e. The van der Waals surface area contributed by atoms with Gasteiger partial charge in [0.25, 0.3) is 11.1 Å². The van der Waals surface area contributed by atoms with E-state index in [0.29, 0.717) is 28.3 Å². The van der Waals surface area contributed by atoms with Crippen molar-refractivity contribution >= 4 is 34.3 Å². The largest absolute Gasteiger partial charge is 0.454 e. The van der Waals surface area contributed by atoms with Gasteiger partial charge in [-0.25, -0.2) is 0 Å². The summed E-state index contributed by atoms with van der Waals surface area (Å²) >= 11 is 1.19. The molecular formula is C20H16N4O4S. The zero-order chi connectivity index (χ0) is 19.8. The monoisotopic (exact) mass is 408 g/mol. The fourth-order valence-corrected chi connectivity index (χ4v) is 3.75. The van der Waals surface area contributed by atoms with Crippen LogP contribution in [0.3, 0.4) is 0 Å². The summed E-state index contributed by atoms with van der Waals surface area (Å²) in [4.78, 5) is 12.2. The summed E-state index contributed by atoms with van der Waals surface area (Å²) in [6.45, 7) is 0.193. The first-order chi connectivity index (χ1) is 14.2. The van der Waals surface area contributed by atoms with Crippen molar-refractivity contribution in [3.05, 3.63) is 48.7 Å². The number of aryl methyl sites for hydroxylation is 1.